The predicted molar refractivity (Wildman–Crippen MR) is 96.0 cm³/mol. The van der Waals surface area contributed by atoms with Crippen LogP contribution in [0.25, 0.3) is 5.57 Å². The molecule has 0 saturated heterocycles. The summed E-state index contributed by atoms with van der Waals surface area (Å²) in [7, 11) is 0. The van der Waals surface area contributed by atoms with Crippen molar-refractivity contribution in [2.45, 2.75) is 26.2 Å². The lowest BCUT2D eigenvalue weighted by atomic mass is 10.0. The first kappa shape index (κ1) is 15.2. The van der Waals surface area contributed by atoms with Crippen LogP contribution in [0.3, 0.4) is 0 Å². The number of carbonyl (C=O) groups is 1. The summed E-state index contributed by atoms with van der Waals surface area (Å²) in [5.74, 6) is -0.0693. The molecule has 0 unspecified atom stereocenters. The van der Waals surface area contributed by atoms with Crippen molar-refractivity contribution >= 4 is 28.5 Å². The summed E-state index contributed by atoms with van der Waals surface area (Å²) in [6.07, 6.45) is 2.91. The zero-order valence-corrected chi connectivity index (χ0v) is 13.2. The molecule has 0 aliphatic carbocycles. The summed E-state index contributed by atoms with van der Waals surface area (Å²) in [5.41, 5.74) is 10.9. The number of nitrogen functional groups attached to an aromatic ring is 1. The number of benzene rings is 2. The van der Waals surface area contributed by atoms with Crippen LogP contribution in [0.1, 0.15) is 31.7 Å². The highest BCUT2D eigenvalue weighted by molar-refractivity contribution is 6.32. The van der Waals surface area contributed by atoms with Gasteiger partial charge in [0.05, 0.1) is 5.57 Å². The van der Waals surface area contributed by atoms with E-state index in [9.17, 15) is 4.79 Å². The number of amides is 1. The van der Waals surface area contributed by atoms with Gasteiger partial charge < -0.3 is 16.4 Å². The van der Waals surface area contributed by atoms with Crippen molar-refractivity contribution in [1.82, 2.24) is 0 Å². The minimum Gasteiger partial charge on any atom is -0.399 e. The summed E-state index contributed by atoms with van der Waals surface area (Å²) >= 11 is 0. The first-order valence-corrected chi connectivity index (χ1v) is 7.95. The smallest absolute Gasteiger partial charge is 0.258 e. The van der Waals surface area contributed by atoms with E-state index >= 15 is 0 Å². The van der Waals surface area contributed by atoms with E-state index in [1.54, 1.807) is 6.07 Å². The normalized spacial score (nSPS) is 15.1. The number of nitrogens with one attached hydrogen (secondary N) is 2. The van der Waals surface area contributed by atoms with E-state index in [1.165, 1.54) is 0 Å². The van der Waals surface area contributed by atoms with Crippen molar-refractivity contribution in [3.05, 3.63) is 59.8 Å². The van der Waals surface area contributed by atoms with Crippen LogP contribution in [0.15, 0.2) is 54.2 Å². The van der Waals surface area contributed by atoms with Crippen LogP contribution in [-0.4, -0.2) is 5.91 Å². The minimum absolute atomic E-state index is 0.0693. The van der Waals surface area contributed by atoms with E-state index in [0.29, 0.717) is 11.3 Å². The predicted octanol–water partition coefficient (Wildman–Crippen LogP) is 4.23. The van der Waals surface area contributed by atoms with Crippen molar-refractivity contribution in [3.8, 4) is 0 Å². The number of anilines is 3. The zero-order valence-electron chi connectivity index (χ0n) is 13.2. The molecule has 0 radical (unpaired) electrons. The molecule has 0 aromatic heterocycles. The van der Waals surface area contributed by atoms with Gasteiger partial charge in [-0.2, -0.15) is 0 Å². The van der Waals surface area contributed by atoms with Gasteiger partial charge in [0.15, 0.2) is 0 Å². The first-order valence-electron chi connectivity index (χ1n) is 7.95. The fraction of sp³-hybridized carbons (Fsp3) is 0.211. The van der Waals surface area contributed by atoms with Crippen molar-refractivity contribution in [2.24, 2.45) is 0 Å². The second-order valence-corrected chi connectivity index (χ2v) is 5.71. The van der Waals surface area contributed by atoms with Crippen molar-refractivity contribution in [3.63, 3.8) is 0 Å². The van der Waals surface area contributed by atoms with E-state index in [4.69, 9.17) is 5.73 Å². The number of fused-ring (bicyclic) bond motifs is 1. The van der Waals surface area contributed by atoms with Crippen molar-refractivity contribution in [1.29, 1.82) is 0 Å². The monoisotopic (exact) mass is 307 g/mol. The number of para-hydroxylation sites is 1. The molecule has 0 bridgehead atoms. The van der Waals surface area contributed by atoms with Crippen LogP contribution < -0.4 is 16.4 Å². The number of rotatable bonds is 5. The van der Waals surface area contributed by atoms with E-state index in [1.807, 2.05) is 42.5 Å². The Balaban J connectivity index is 2.05. The molecule has 1 heterocycles. The first-order chi connectivity index (χ1) is 11.2. The Morgan fingerprint density at radius 1 is 1.17 bits per heavy atom. The van der Waals surface area contributed by atoms with Gasteiger partial charge in [-0.15, -0.1) is 0 Å². The molecule has 118 valence electrons. The van der Waals surface area contributed by atoms with Crippen LogP contribution in [0.4, 0.5) is 17.1 Å². The summed E-state index contributed by atoms with van der Waals surface area (Å²) < 4.78 is 0. The van der Waals surface area contributed by atoms with Gasteiger partial charge in [-0.25, -0.2) is 0 Å². The summed E-state index contributed by atoms with van der Waals surface area (Å²) in [5, 5.41) is 6.35. The van der Waals surface area contributed by atoms with E-state index in [2.05, 4.69) is 17.6 Å². The molecular formula is C19H21N3O. The van der Waals surface area contributed by atoms with Gasteiger partial charge >= 0.3 is 0 Å². The molecule has 23 heavy (non-hydrogen) atoms. The van der Waals surface area contributed by atoms with Gasteiger partial charge in [0, 0.05) is 28.3 Å². The summed E-state index contributed by atoms with van der Waals surface area (Å²) in [6, 6.07) is 15.5. The lowest BCUT2D eigenvalue weighted by molar-refractivity contribution is -0.110. The average molecular weight is 307 g/mol. The van der Waals surface area contributed by atoms with Crippen LogP contribution in [0.5, 0.6) is 0 Å². The van der Waals surface area contributed by atoms with E-state index in [0.717, 1.165) is 41.9 Å². The molecule has 4 nitrogen and oxygen atoms in total. The standard InChI is InChI=1S/C19H21N3O/c1-2-3-9-17(21-14-7-5-4-6-8-14)18-15-12-13(20)10-11-16(15)22-19(18)23/h4-8,10-12,21H,2-3,9,20H2,1H3,(H,22,23)/b18-17-. The maximum Gasteiger partial charge on any atom is 0.258 e. The Morgan fingerprint density at radius 3 is 2.70 bits per heavy atom. The molecule has 0 fully saturated rings. The molecule has 0 spiro atoms. The largest absolute Gasteiger partial charge is 0.399 e. The third kappa shape index (κ3) is 3.21. The van der Waals surface area contributed by atoms with Gasteiger partial charge in [-0.3, -0.25) is 4.79 Å². The Kier molecular flexibility index (Phi) is 4.33. The molecule has 2 aromatic carbocycles. The summed E-state index contributed by atoms with van der Waals surface area (Å²) in [6.45, 7) is 2.14. The van der Waals surface area contributed by atoms with Gasteiger partial charge in [0.2, 0.25) is 0 Å². The quantitative estimate of drug-likeness (QED) is 0.572. The third-order valence-electron chi connectivity index (χ3n) is 3.94. The zero-order chi connectivity index (χ0) is 16.2. The van der Waals surface area contributed by atoms with Gasteiger partial charge in [-0.1, -0.05) is 31.5 Å². The highest BCUT2D eigenvalue weighted by Gasteiger charge is 2.27. The fourth-order valence-electron chi connectivity index (χ4n) is 2.78. The highest BCUT2D eigenvalue weighted by atomic mass is 16.2. The second-order valence-electron chi connectivity index (χ2n) is 5.71. The van der Waals surface area contributed by atoms with Crippen LogP contribution >= 0.6 is 0 Å². The topological polar surface area (TPSA) is 67.2 Å². The molecule has 4 N–H and O–H groups in total. The maximum absolute atomic E-state index is 12.5. The average Bonchev–Trinajstić information content (AvgIpc) is 2.87. The van der Waals surface area contributed by atoms with Crippen LogP contribution in [-0.2, 0) is 4.79 Å². The van der Waals surface area contributed by atoms with E-state index < -0.39 is 0 Å². The molecule has 1 aliphatic rings. The molecular weight excluding hydrogens is 286 g/mol. The van der Waals surface area contributed by atoms with Gasteiger partial charge in [0.25, 0.3) is 5.91 Å². The molecule has 0 saturated carbocycles. The Hall–Kier alpha value is -2.75. The molecule has 0 atom stereocenters. The minimum atomic E-state index is -0.0693. The third-order valence-corrected chi connectivity index (χ3v) is 3.94. The summed E-state index contributed by atoms with van der Waals surface area (Å²) in [4.78, 5) is 12.5. The maximum atomic E-state index is 12.5. The molecule has 1 amide bonds. The van der Waals surface area contributed by atoms with E-state index in [-0.39, 0.29) is 5.91 Å². The Bertz CT molecular complexity index is 750. The number of hydrogen-bond donors (Lipinski definition) is 3. The lowest BCUT2D eigenvalue weighted by Gasteiger charge is -2.14. The highest BCUT2D eigenvalue weighted by Crippen LogP contribution is 2.36. The fourth-order valence-corrected chi connectivity index (χ4v) is 2.78. The number of carbonyl (C=O) groups excluding carboxylic acids is 1. The molecule has 3 rings (SSSR count). The number of allylic oxidation sites excluding steroid dienone is 1. The second kappa shape index (κ2) is 6.57. The lowest BCUT2D eigenvalue weighted by Crippen LogP contribution is -2.10. The SMILES string of the molecule is CCCC/C(Nc1ccccc1)=C1/C(=O)Nc2ccc(N)cc21. The Labute approximate surface area is 136 Å². The molecule has 4 heteroatoms. The molecule has 1 aliphatic heterocycles. The van der Waals surface area contributed by atoms with Gasteiger partial charge in [-0.05, 0) is 43.2 Å². The van der Waals surface area contributed by atoms with Gasteiger partial charge in [0.1, 0.15) is 0 Å². The van der Waals surface area contributed by atoms with Crippen LogP contribution in [0, 0.1) is 0 Å². The molecule has 2 aromatic rings. The van der Waals surface area contributed by atoms with Crippen LogP contribution in [0.2, 0.25) is 0 Å². The number of unbranched alkanes of at least 4 members (excludes halogenated alkanes) is 1. The Morgan fingerprint density at radius 2 is 1.96 bits per heavy atom. The van der Waals surface area contributed by atoms with Crippen molar-refractivity contribution in [2.75, 3.05) is 16.4 Å². The van der Waals surface area contributed by atoms with Crippen molar-refractivity contribution < 1.29 is 4.79 Å². The number of hydrogen-bond acceptors (Lipinski definition) is 3. The number of nitrogens with two attached hydrogens (primary N) is 1.